The summed E-state index contributed by atoms with van der Waals surface area (Å²) in [6, 6.07) is 0. The average Bonchev–Trinajstić information content (AvgIpc) is 2.35. The van der Waals surface area contributed by atoms with Gasteiger partial charge in [-0.3, -0.25) is 0 Å². The highest BCUT2D eigenvalue weighted by Gasteiger charge is 2.00. The topological polar surface area (TPSA) is 17.8 Å². The number of rotatable bonds is 2. The van der Waals surface area contributed by atoms with Gasteiger partial charge < -0.3 is 4.57 Å². The van der Waals surface area contributed by atoms with Gasteiger partial charge in [-0.15, -0.1) is 6.42 Å². The standard InChI is InChI=1S/C10H12N2/c1-4-5-6-7-10-9(2)11-8-12(10)3/h1,5-6,8H,7H2,2-3H3/b6-5-. The van der Waals surface area contributed by atoms with E-state index in [9.17, 15) is 0 Å². The summed E-state index contributed by atoms with van der Waals surface area (Å²) in [5.74, 6) is 2.46. The number of imidazole rings is 1. The number of aromatic nitrogens is 2. The smallest absolute Gasteiger partial charge is 0.0948 e. The number of hydrogen-bond acceptors (Lipinski definition) is 1. The first-order valence-corrected chi connectivity index (χ1v) is 3.83. The average molecular weight is 160 g/mol. The number of hydrogen-bond donors (Lipinski definition) is 0. The molecule has 0 saturated carbocycles. The summed E-state index contributed by atoms with van der Waals surface area (Å²) < 4.78 is 2.01. The zero-order valence-corrected chi connectivity index (χ0v) is 7.41. The lowest BCUT2D eigenvalue weighted by Gasteiger charge is -1.98. The van der Waals surface area contributed by atoms with Crippen molar-refractivity contribution in [3.63, 3.8) is 0 Å². The lowest BCUT2D eigenvalue weighted by atomic mass is 10.2. The molecule has 1 aromatic heterocycles. The molecule has 0 aliphatic carbocycles. The molecule has 1 aromatic rings. The van der Waals surface area contributed by atoms with Gasteiger partial charge in [-0.2, -0.15) is 0 Å². The van der Waals surface area contributed by atoms with Gasteiger partial charge in [0.2, 0.25) is 0 Å². The van der Waals surface area contributed by atoms with Crippen LogP contribution in [0.5, 0.6) is 0 Å². The molecular weight excluding hydrogens is 148 g/mol. The van der Waals surface area contributed by atoms with Crippen molar-refractivity contribution >= 4 is 0 Å². The Morgan fingerprint density at radius 3 is 3.00 bits per heavy atom. The molecule has 0 unspecified atom stereocenters. The van der Waals surface area contributed by atoms with E-state index in [0.29, 0.717) is 0 Å². The van der Waals surface area contributed by atoms with E-state index in [4.69, 9.17) is 6.42 Å². The van der Waals surface area contributed by atoms with Crippen LogP contribution in [0.1, 0.15) is 11.4 Å². The molecular formula is C10H12N2. The van der Waals surface area contributed by atoms with Crippen LogP contribution in [0.3, 0.4) is 0 Å². The quantitative estimate of drug-likeness (QED) is 0.599. The molecule has 0 amide bonds. The summed E-state index contributed by atoms with van der Waals surface area (Å²) >= 11 is 0. The second-order valence-electron chi connectivity index (χ2n) is 2.66. The minimum absolute atomic E-state index is 0.854. The van der Waals surface area contributed by atoms with Crippen molar-refractivity contribution in [2.45, 2.75) is 13.3 Å². The van der Waals surface area contributed by atoms with E-state index >= 15 is 0 Å². The van der Waals surface area contributed by atoms with E-state index in [0.717, 1.165) is 12.1 Å². The zero-order chi connectivity index (χ0) is 8.97. The summed E-state index contributed by atoms with van der Waals surface area (Å²) in [6.07, 6.45) is 11.4. The molecule has 0 fully saturated rings. The highest BCUT2D eigenvalue weighted by molar-refractivity contribution is 5.17. The highest BCUT2D eigenvalue weighted by atomic mass is 15.0. The van der Waals surface area contributed by atoms with Gasteiger partial charge >= 0.3 is 0 Å². The number of allylic oxidation sites excluding steroid dienone is 2. The number of aryl methyl sites for hydroxylation is 2. The Hall–Kier alpha value is -1.49. The Bertz CT molecular complexity index is 307. The first kappa shape index (κ1) is 8.61. The molecule has 0 saturated heterocycles. The fourth-order valence-electron chi connectivity index (χ4n) is 1.10. The van der Waals surface area contributed by atoms with Gasteiger partial charge in [-0.25, -0.2) is 4.98 Å². The zero-order valence-electron chi connectivity index (χ0n) is 7.41. The minimum Gasteiger partial charge on any atom is -0.337 e. The van der Waals surface area contributed by atoms with Crippen LogP contribution in [0, 0.1) is 19.3 Å². The van der Waals surface area contributed by atoms with Gasteiger partial charge in [0.1, 0.15) is 0 Å². The van der Waals surface area contributed by atoms with Gasteiger partial charge in [-0.05, 0) is 13.0 Å². The largest absolute Gasteiger partial charge is 0.337 e. The van der Waals surface area contributed by atoms with Gasteiger partial charge in [-0.1, -0.05) is 12.0 Å². The third kappa shape index (κ3) is 1.76. The van der Waals surface area contributed by atoms with Crippen molar-refractivity contribution in [1.29, 1.82) is 0 Å². The maximum Gasteiger partial charge on any atom is 0.0948 e. The molecule has 2 nitrogen and oxygen atoms in total. The molecule has 1 rings (SSSR count). The van der Waals surface area contributed by atoms with Crippen LogP contribution < -0.4 is 0 Å². The fourth-order valence-corrected chi connectivity index (χ4v) is 1.10. The maximum atomic E-state index is 5.08. The van der Waals surface area contributed by atoms with Crippen molar-refractivity contribution in [3.05, 3.63) is 29.9 Å². The molecule has 0 radical (unpaired) electrons. The van der Waals surface area contributed by atoms with Crippen LogP contribution >= 0.6 is 0 Å². The first-order chi connectivity index (χ1) is 5.75. The van der Waals surface area contributed by atoms with Crippen molar-refractivity contribution < 1.29 is 0 Å². The molecule has 0 aliphatic heterocycles. The molecule has 0 aliphatic rings. The third-order valence-electron chi connectivity index (χ3n) is 1.79. The van der Waals surface area contributed by atoms with E-state index in [1.54, 1.807) is 6.08 Å². The Morgan fingerprint density at radius 1 is 1.75 bits per heavy atom. The molecule has 62 valence electrons. The van der Waals surface area contributed by atoms with E-state index in [1.807, 2.05) is 30.9 Å². The van der Waals surface area contributed by atoms with Crippen LogP contribution in [-0.2, 0) is 13.5 Å². The molecule has 0 atom stereocenters. The monoisotopic (exact) mass is 160 g/mol. The number of terminal acetylenes is 1. The summed E-state index contributed by atoms with van der Waals surface area (Å²) in [5, 5.41) is 0. The molecule has 0 spiro atoms. The van der Waals surface area contributed by atoms with Crippen molar-refractivity contribution in [2.75, 3.05) is 0 Å². The second kappa shape index (κ2) is 3.77. The summed E-state index contributed by atoms with van der Waals surface area (Å²) in [5.41, 5.74) is 2.28. The summed E-state index contributed by atoms with van der Waals surface area (Å²) in [6.45, 7) is 2.00. The Labute approximate surface area is 72.9 Å². The third-order valence-corrected chi connectivity index (χ3v) is 1.79. The van der Waals surface area contributed by atoms with Crippen LogP contribution in [0.2, 0.25) is 0 Å². The van der Waals surface area contributed by atoms with E-state index in [-0.39, 0.29) is 0 Å². The fraction of sp³-hybridized carbons (Fsp3) is 0.300. The first-order valence-electron chi connectivity index (χ1n) is 3.83. The Balaban J connectivity index is 2.76. The van der Waals surface area contributed by atoms with Crippen LogP contribution in [0.15, 0.2) is 18.5 Å². The normalized spacial score (nSPS) is 10.4. The number of nitrogens with zero attached hydrogens (tertiary/aromatic N) is 2. The predicted molar refractivity (Wildman–Crippen MR) is 49.6 cm³/mol. The lowest BCUT2D eigenvalue weighted by Crippen LogP contribution is -1.94. The van der Waals surface area contributed by atoms with Crippen LogP contribution in [0.4, 0.5) is 0 Å². The highest BCUT2D eigenvalue weighted by Crippen LogP contribution is 2.05. The van der Waals surface area contributed by atoms with Crippen molar-refractivity contribution in [2.24, 2.45) is 7.05 Å². The van der Waals surface area contributed by atoms with E-state index in [2.05, 4.69) is 10.9 Å². The van der Waals surface area contributed by atoms with Gasteiger partial charge in [0, 0.05) is 19.2 Å². The van der Waals surface area contributed by atoms with E-state index in [1.165, 1.54) is 5.69 Å². The van der Waals surface area contributed by atoms with Gasteiger partial charge in [0.25, 0.3) is 0 Å². The molecule has 0 aromatic carbocycles. The maximum absolute atomic E-state index is 5.08. The van der Waals surface area contributed by atoms with E-state index < -0.39 is 0 Å². The van der Waals surface area contributed by atoms with Crippen LogP contribution in [-0.4, -0.2) is 9.55 Å². The molecule has 12 heavy (non-hydrogen) atoms. The van der Waals surface area contributed by atoms with Crippen molar-refractivity contribution in [3.8, 4) is 12.3 Å². The minimum atomic E-state index is 0.854. The van der Waals surface area contributed by atoms with Gasteiger partial charge in [0.15, 0.2) is 0 Å². The predicted octanol–water partition coefficient (Wildman–Crippen LogP) is 1.46. The Kier molecular flexibility index (Phi) is 2.71. The molecule has 0 N–H and O–H groups in total. The molecule has 0 bridgehead atoms. The summed E-state index contributed by atoms with van der Waals surface area (Å²) in [4.78, 5) is 4.17. The van der Waals surface area contributed by atoms with Crippen LogP contribution in [0.25, 0.3) is 0 Å². The molecule has 1 heterocycles. The van der Waals surface area contributed by atoms with Gasteiger partial charge in [0.05, 0.1) is 12.0 Å². The SMILES string of the molecule is C#C/C=C\Cc1c(C)ncn1C. The Morgan fingerprint density at radius 2 is 2.50 bits per heavy atom. The summed E-state index contributed by atoms with van der Waals surface area (Å²) in [7, 11) is 1.99. The van der Waals surface area contributed by atoms with Crippen molar-refractivity contribution in [1.82, 2.24) is 9.55 Å². The lowest BCUT2D eigenvalue weighted by molar-refractivity contribution is 0.848. The molecule has 2 heteroatoms. The second-order valence-corrected chi connectivity index (χ2v) is 2.66.